The van der Waals surface area contributed by atoms with Crippen molar-refractivity contribution >= 4 is 22.0 Å². The monoisotopic (exact) mass is 200 g/mol. The van der Waals surface area contributed by atoms with E-state index in [9.17, 15) is 0 Å². The van der Waals surface area contributed by atoms with Gasteiger partial charge in [-0.25, -0.2) is 0 Å². The van der Waals surface area contributed by atoms with Gasteiger partial charge in [-0.1, -0.05) is 28.1 Å². The second kappa shape index (κ2) is 3.62. The molecule has 0 unspecified atom stereocenters. The third-order valence-corrected chi connectivity index (χ3v) is 1.66. The molecule has 0 aliphatic carbocycles. The maximum absolute atomic E-state index is 5.09. The Hall–Kier alpha value is -0.500. The summed E-state index contributed by atoms with van der Waals surface area (Å²) < 4.78 is 5.09. The van der Waals surface area contributed by atoms with Gasteiger partial charge in [0.25, 0.3) is 0 Å². The fourth-order valence-corrected chi connectivity index (χ4v) is 0.926. The van der Waals surface area contributed by atoms with Crippen LogP contribution in [0.1, 0.15) is 11.3 Å². The van der Waals surface area contributed by atoms with Crippen molar-refractivity contribution in [1.29, 1.82) is 0 Å². The zero-order chi connectivity index (χ0) is 7.40. The molecular formula is C8H9BrO. The van der Waals surface area contributed by atoms with Crippen LogP contribution in [0.4, 0.5) is 0 Å². The summed E-state index contributed by atoms with van der Waals surface area (Å²) in [6.07, 6.45) is 5.77. The number of rotatable bonds is 2. The van der Waals surface area contributed by atoms with Crippen molar-refractivity contribution in [3.63, 3.8) is 0 Å². The van der Waals surface area contributed by atoms with E-state index in [1.165, 1.54) is 0 Å². The Bertz CT molecular complexity index is 225. The van der Waals surface area contributed by atoms with Gasteiger partial charge in [0.15, 0.2) is 0 Å². The molecule has 0 radical (unpaired) electrons. The normalized spacial score (nSPS) is 11.0. The molecule has 1 nitrogen and oxygen atoms in total. The minimum Gasteiger partial charge on any atom is -0.469 e. The van der Waals surface area contributed by atoms with Gasteiger partial charge in [-0.3, -0.25) is 0 Å². The fourth-order valence-electron chi connectivity index (χ4n) is 0.739. The van der Waals surface area contributed by atoms with Crippen LogP contribution in [-0.4, -0.2) is 5.33 Å². The lowest BCUT2D eigenvalue weighted by Gasteiger charge is -1.85. The number of alkyl halides is 1. The second-order valence-electron chi connectivity index (χ2n) is 1.99. The van der Waals surface area contributed by atoms with Gasteiger partial charge in [-0.05, 0) is 13.0 Å². The molecule has 0 aliphatic rings. The molecule has 0 fully saturated rings. The van der Waals surface area contributed by atoms with Gasteiger partial charge in [-0.2, -0.15) is 0 Å². The van der Waals surface area contributed by atoms with E-state index in [-0.39, 0.29) is 0 Å². The van der Waals surface area contributed by atoms with Crippen LogP contribution in [0.2, 0.25) is 0 Å². The molecule has 0 aliphatic heterocycles. The van der Waals surface area contributed by atoms with Crippen LogP contribution >= 0.6 is 15.9 Å². The Morgan fingerprint density at radius 2 is 2.50 bits per heavy atom. The summed E-state index contributed by atoms with van der Waals surface area (Å²) >= 11 is 3.30. The van der Waals surface area contributed by atoms with Gasteiger partial charge in [0.2, 0.25) is 0 Å². The number of furan rings is 1. The smallest absolute Gasteiger partial charge is 0.107 e. The molecule has 0 saturated carbocycles. The van der Waals surface area contributed by atoms with Crippen LogP contribution < -0.4 is 0 Å². The summed E-state index contributed by atoms with van der Waals surface area (Å²) in [5, 5.41) is 0.887. The Labute approximate surface area is 68.9 Å². The lowest BCUT2D eigenvalue weighted by Crippen LogP contribution is -1.68. The molecule has 1 aromatic heterocycles. The first-order chi connectivity index (χ1) is 4.84. The molecule has 0 N–H and O–H groups in total. The highest BCUT2D eigenvalue weighted by Crippen LogP contribution is 2.10. The SMILES string of the molecule is Cc1occc1/C=C/CBr. The highest BCUT2D eigenvalue weighted by Gasteiger charge is 1.93. The molecule has 0 saturated heterocycles. The zero-order valence-electron chi connectivity index (χ0n) is 5.80. The van der Waals surface area contributed by atoms with E-state index in [0.717, 1.165) is 16.7 Å². The first-order valence-corrected chi connectivity index (χ1v) is 4.23. The topological polar surface area (TPSA) is 13.1 Å². The van der Waals surface area contributed by atoms with Crippen molar-refractivity contribution in [2.75, 3.05) is 5.33 Å². The molecule has 0 spiro atoms. The summed E-state index contributed by atoms with van der Waals surface area (Å²) in [6, 6.07) is 1.95. The highest BCUT2D eigenvalue weighted by atomic mass is 79.9. The maximum atomic E-state index is 5.09. The second-order valence-corrected chi connectivity index (χ2v) is 2.64. The van der Waals surface area contributed by atoms with Gasteiger partial charge >= 0.3 is 0 Å². The van der Waals surface area contributed by atoms with Crippen LogP contribution in [-0.2, 0) is 0 Å². The van der Waals surface area contributed by atoms with Crippen LogP contribution in [0.25, 0.3) is 6.08 Å². The van der Waals surface area contributed by atoms with Crippen LogP contribution in [0.5, 0.6) is 0 Å². The van der Waals surface area contributed by atoms with E-state index in [1.54, 1.807) is 6.26 Å². The predicted octanol–water partition coefficient (Wildman–Crippen LogP) is 3.00. The quantitative estimate of drug-likeness (QED) is 0.670. The van der Waals surface area contributed by atoms with Gasteiger partial charge in [0.05, 0.1) is 6.26 Å². The largest absolute Gasteiger partial charge is 0.469 e. The van der Waals surface area contributed by atoms with E-state index >= 15 is 0 Å². The average Bonchev–Trinajstić information content (AvgIpc) is 2.31. The van der Waals surface area contributed by atoms with E-state index in [2.05, 4.69) is 15.9 Å². The molecule has 0 aromatic carbocycles. The standard InChI is InChI=1S/C8H9BrO/c1-7-8(3-2-5-9)4-6-10-7/h2-4,6H,5H2,1H3/b3-2+. The lowest BCUT2D eigenvalue weighted by molar-refractivity contribution is 0.533. The van der Waals surface area contributed by atoms with E-state index < -0.39 is 0 Å². The number of halogens is 1. The Balaban J connectivity index is 2.74. The molecule has 1 heterocycles. The molecule has 0 bridgehead atoms. The van der Waals surface area contributed by atoms with Crippen molar-refractivity contribution in [2.45, 2.75) is 6.92 Å². The van der Waals surface area contributed by atoms with Gasteiger partial charge < -0.3 is 4.42 Å². The van der Waals surface area contributed by atoms with Crippen molar-refractivity contribution in [2.24, 2.45) is 0 Å². The molecule has 1 rings (SSSR count). The Morgan fingerprint density at radius 3 is 3.00 bits per heavy atom. The summed E-state index contributed by atoms with van der Waals surface area (Å²) in [4.78, 5) is 0. The molecule has 0 amide bonds. The fraction of sp³-hybridized carbons (Fsp3) is 0.250. The zero-order valence-corrected chi connectivity index (χ0v) is 7.39. The minimum absolute atomic E-state index is 0.887. The molecular weight excluding hydrogens is 192 g/mol. The lowest BCUT2D eigenvalue weighted by atomic mass is 10.2. The van der Waals surface area contributed by atoms with Gasteiger partial charge in [-0.15, -0.1) is 0 Å². The summed E-state index contributed by atoms with van der Waals surface area (Å²) in [7, 11) is 0. The predicted molar refractivity (Wildman–Crippen MR) is 46.3 cm³/mol. The molecule has 10 heavy (non-hydrogen) atoms. The van der Waals surface area contributed by atoms with Gasteiger partial charge in [0.1, 0.15) is 5.76 Å². The van der Waals surface area contributed by atoms with E-state index in [1.807, 2.05) is 25.1 Å². The van der Waals surface area contributed by atoms with E-state index in [0.29, 0.717) is 0 Å². The van der Waals surface area contributed by atoms with Crippen molar-refractivity contribution in [3.8, 4) is 0 Å². The van der Waals surface area contributed by atoms with E-state index in [4.69, 9.17) is 4.42 Å². The Kier molecular flexibility index (Phi) is 2.75. The molecule has 2 heteroatoms. The van der Waals surface area contributed by atoms with Crippen LogP contribution in [0.15, 0.2) is 22.8 Å². The summed E-state index contributed by atoms with van der Waals surface area (Å²) in [5.41, 5.74) is 1.15. The average molecular weight is 201 g/mol. The third-order valence-electron chi connectivity index (χ3n) is 1.29. The minimum atomic E-state index is 0.887. The molecule has 1 aromatic rings. The molecule has 54 valence electrons. The first-order valence-electron chi connectivity index (χ1n) is 3.11. The number of hydrogen-bond acceptors (Lipinski definition) is 1. The Morgan fingerprint density at radius 1 is 1.70 bits per heavy atom. The van der Waals surface area contributed by atoms with Crippen molar-refractivity contribution in [3.05, 3.63) is 29.7 Å². The van der Waals surface area contributed by atoms with Crippen molar-refractivity contribution < 1.29 is 4.42 Å². The first kappa shape index (κ1) is 7.61. The highest BCUT2D eigenvalue weighted by molar-refractivity contribution is 9.09. The van der Waals surface area contributed by atoms with Crippen molar-refractivity contribution in [1.82, 2.24) is 0 Å². The number of hydrogen-bond donors (Lipinski definition) is 0. The van der Waals surface area contributed by atoms with Crippen LogP contribution in [0, 0.1) is 6.92 Å². The van der Waals surface area contributed by atoms with Gasteiger partial charge in [0, 0.05) is 10.9 Å². The number of allylic oxidation sites excluding steroid dienone is 1. The molecule has 0 atom stereocenters. The van der Waals surface area contributed by atoms with Crippen LogP contribution in [0.3, 0.4) is 0 Å². The summed E-state index contributed by atoms with van der Waals surface area (Å²) in [5.74, 6) is 0.970. The number of aryl methyl sites for hydroxylation is 1. The third kappa shape index (κ3) is 1.74. The summed E-state index contributed by atoms with van der Waals surface area (Å²) in [6.45, 7) is 1.95. The maximum Gasteiger partial charge on any atom is 0.107 e.